The molecule has 0 bridgehead atoms. The van der Waals surface area contributed by atoms with Crippen molar-refractivity contribution in [3.63, 3.8) is 0 Å². The molecule has 130 valence electrons. The Morgan fingerprint density at radius 2 is 2.07 bits per heavy atom. The maximum Gasteiger partial charge on any atom is 0.169 e. The first-order valence-corrected chi connectivity index (χ1v) is 8.26. The van der Waals surface area contributed by atoms with Gasteiger partial charge in [-0.3, -0.25) is 4.79 Å². The van der Waals surface area contributed by atoms with Crippen LogP contribution in [0.5, 0.6) is 0 Å². The first-order valence-electron chi connectivity index (χ1n) is 8.26. The van der Waals surface area contributed by atoms with E-state index >= 15 is 0 Å². The topological polar surface area (TPSA) is 97.3 Å². The van der Waals surface area contributed by atoms with Gasteiger partial charge in [0.1, 0.15) is 11.8 Å². The molecular formula is C20H14N6O. The summed E-state index contributed by atoms with van der Waals surface area (Å²) in [5.74, 6) is -0.134. The van der Waals surface area contributed by atoms with Crippen LogP contribution < -0.4 is 0 Å². The van der Waals surface area contributed by atoms with E-state index in [0.717, 1.165) is 22.2 Å². The predicted octanol–water partition coefficient (Wildman–Crippen LogP) is 2.72. The number of carbonyl (C=O) groups excluding carboxylic acids is 1. The van der Waals surface area contributed by atoms with Crippen LogP contribution in [0.15, 0.2) is 55.1 Å². The number of Topliss-reactive ketones (excluding diaryl/α,β-unsaturated/α-hetero) is 1. The summed E-state index contributed by atoms with van der Waals surface area (Å²) in [5, 5.41) is 18.2. The molecule has 7 heteroatoms. The Morgan fingerprint density at radius 1 is 1.19 bits per heavy atom. The molecule has 4 rings (SSSR count). The van der Waals surface area contributed by atoms with Crippen molar-refractivity contribution >= 4 is 16.7 Å². The number of rotatable bonds is 4. The molecule has 27 heavy (non-hydrogen) atoms. The summed E-state index contributed by atoms with van der Waals surface area (Å²) >= 11 is 0. The third kappa shape index (κ3) is 3.28. The molecule has 3 heterocycles. The van der Waals surface area contributed by atoms with Gasteiger partial charge in [0.2, 0.25) is 0 Å². The lowest BCUT2D eigenvalue weighted by molar-refractivity contribution is 0.0991. The summed E-state index contributed by atoms with van der Waals surface area (Å²) in [5.41, 5.74) is 3.99. The highest BCUT2D eigenvalue weighted by Gasteiger charge is 2.11. The monoisotopic (exact) mass is 354 g/mol. The van der Waals surface area contributed by atoms with Crippen molar-refractivity contribution in [2.45, 2.75) is 6.42 Å². The van der Waals surface area contributed by atoms with Crippen molar-refractivity contribution in [3.8, 4) is 17.3 Å². The van der Waals surface area contributed by atoms with E-state index in [9.17, 15) is 4.79 Å². The van der Waals surface area contributed by atoms with Crippen LogP contribution >= 0.6 is 0 Å². The van der Waals surface area contributed by atoms with E-state index in [1.165, 1.54) is 12.3 Å². The number of hydrogen-bond acceptors (Lipinski definition) is 6. The number of nitriles is 1. The van der Waals surface area contributed by atoms with E-state index in [2.05, 4.69) is 20.2 Å². The number of aromatic nitrogens is 5. The van der Waals surface area contributed by atoms with Gasteiger partial charge in [-0.15, -0.1) is 0 Å². The van der Waals surface area contributed by atoms with Gasteiger partial charge >= 0.3 is 0 Å². The quantitative estimate of drug-likeness (QED) is 0.523. The van der Waals surface area contributed by atoms with E-state index < -0.39 is 0 Å². The van der Waals surface area contributed by atoms with E-state index in [1.807, 2.05) is 41.9 Å². The first kappa shape index (κ1) is 16.5. The SMILES string of the molecule is Cn1cncc1-c1ccc2nnc(CC(=O)c3ccnc(C#N)c3)cc2c1. The fourth-order valence-corrected chi connectivity index (χ4v) is 2.90. The standard InChI is InChI=1S/C20H14N6O/c1-26-12-22-11-19(26)13-2-3-18-15(6-13)8-16(24-25-18)9-20(27)14-4-5-23-17(7-14)10-21/h2-8,11-12H,9H2,1H3. The van der Waals surface area contributed by atoms with Gasteiger partial charge in [-0.25, -0.2) is 9.97 Å². The lowest BCUT2D eigenvalue weighted by Crippen LogP contribution is -2.06. The molecule has 0 aliphatic heterocycles. The lowest BCUT2D eigenvalue weighted by Gasteiger charge is -2.06. The third-order valence-electron chi connectivity index (χ3n) is 4.29. The molecular weight excluding hydrogens is 340 g/mol. The molecule has 0 saturated heterocycles. The van der Waals surface area contributed by atoms with Crippen molar-refractivity contribution in [1.82, 2.24) is 24.7 Å². The minimum Gasteiger partial charge on any atom is -0.334 e. The van der Waals surface area contributed by atoms with Gasteiger partial charge in [0.25, 0.3) is 0 Å². The number of nitrogens with zero attached hydrogens (tertiary/aromatic N) is 6. The molecule has 0 atom stereocenters. The van der Waals surface area contributed by atoms with Gasteiger partial charge < -0.3 is 4.57 Å². The van der Waals surface area contributed by atoms with Crippen LogP contribution in [0.3, 0.4) is 0 Å². The van der Waals surface area contributed by atoms with Crippen LogP contribution in [0.25, 0.3) is 22.2 Å². The van der Waals surface area contributed by atoms with Crippen LogP contribution in [0.4, 0.5) is 0 Å². The van der Waals surface area contributed by atoms with Gasteiger partial charge in [0.05, 0.1) is 35.8 Å². The Labute approximate surface area is 155 Å². The molecule has 0 saturated carbocycles. The molecule has 0 N–H and O–H groups in total. The van der Waals surface area contributed by atoms with Gasteiger partial charge in [0, 0.05) is 29.8 Å². The summed E-state index contributed by atoms with van der Waals surface area (Å²) in [4.78, 5) is 20.5. The smallest absolute Gasteiger partial charge is 0.169 e. The summed E-state index contributed by atoms with van der Waals surface area (Å²) in [6.45, 7) is 0. The molecule has 0 aliphatic rings. The summed E-state index contributed by atoms with van der Waals surface area (Å²) in [7, 11) is 1.94. The van der Waals surface area contributed by atoms with Crippen LogP contribution in [0, 0.1) is 11.3 Å². The highest BCUT2D eigenvalue weighted by Crippen LogP contribution is 2.23. The highest BCUT2D eigenvalue weighted by atomic mass is 16.1. The molecule has 0 amide bonds. The van der Waals surface area contributed by atoms with Crippen molar-refractivity contribution in [3.05, 3.63) is 72.1 Å². The van der Waals surface area contributed by atoms with E-state index in [1.54, 1.807) is 18.6 Å². The van der Waals surface area contributed by atoms with Crippen molar-refractivity contribution in [2.24, 2.45) is 7.05 Å². The minimum atomic E-state index is -0.134. The maximum atomic E-state index is 12.5. The maximum absolute atomic E-state index is 12.5. The van der Waals surface area contributed by atoms with E-state index in [4.69, 9.17) is 5.26 Å². The number of pyridine rings is 1. The Morgan fingerprint density at radius 3 is 2.85 bits per heavy atom. The van der Waals surface area contributed by atoms with E-state index in [-0.39, 0.29) is 17.9 Å². The zero-order valence-corrected chi connectivity index (χ0v) is 14.5. The highest BCUT2D eigenvalue weighted by molar-refractivity contribution is 5.97. The summed E-state index contributed by atoms with van der Waals surface area (Å²) in [6.07, 6.45) is 5.11. The Bertz CT molecular complexity index is 1200. The van der Waals surface area contributed by atoms with Gasteiger partial charge in [-0.2, -0.15) is 15.5 Å². The second-order valence-corrected chi connectivity index (χ2v) is 6.14. The molecule has 3 aromatic heterocycles. The van der Waals surface area contributed by atoms with E-state index in [0.29, 0.717) is 11.3 Å². The first-order chi connectivity index (χ1) is 13.1. The van der Waals surface area contributed by atoms with Crippen LogP contribution in [0.2, 0.25) is 0 Å². The fraction of sp³-hybridized carbons (Fsp3) is 0.100. The molecule has 0 fully saturated rings. The zero-order valence-electron chi connectivity index (χ0n) is 14.5. The normalized spacial score (nSPS) is 10.7. The average Bonchev–Trinajstić information content (AvgIpc) is 3.13. The minimum absolute atomic E-state index is 0.105. The molecule has 7 nitrogen and oxygen atoms in total. The largest absolute Gasteiger partial charge is 0.334 e. The molecule has 0 aliphatic carbocycles. The van der Waals surface area contributed by atoms with Gasteiger partial charge in [-0.1, -0.05) is 6.07 Å². The van der Waals surface area contributed by atoms with Crippen molar-refractivity contribution < 1.29 is 4.79 Å². The van der Waals surface area contributed by atoms with Crippen LogP contribution in [-0.4, -0.2) is 30.5 Å². The summed E-state index contributed by atoms with van der Waals surface area (Å²) < 4.78 is 1.94. The Hall–Kier alpha value is -3.92. The van der Waals surface area contributed by atoms with Gasteiger partial charge in [0.15, 0.2) is 5.78 Å². The van der Waals surface area contributed by atoms with Crippen molar-refractivity contribution in [1.29, 1.82) is 5.26 Å². The second kappa shape index (κ2) is 6.77. The Balaban J connectivity index is 1.65. The fourth-order valence-electron chi connectivity index (χ4n) is 2.90. The lowest BCUT2D eigenvalue weighted by atomic mass is 10.0. The van der Waals surface area contributed by atoms with Crippen LogP contribution in [0.1, 0.15) is 21.7 Å². The van der Waals surface area contributed by atoms with Gasteiger partial charge in [-0.05, 0) is 30.3 Å². The second-order valence-electron chi connectivity index (χ2n) is 6.14. The summed E-state index contributed by atoms with van der Waals surface area (Å²) in [6, 6.07) is 12.8. The number of ketones is 1. The molecule has 0 radical (unpaired) electrons. The number of hydrogen-bond donors (Lipinski definition) is 0. The predicted molar refractivity (Wildman–Crippen MR) is 98.7 cm³/mol. The van der Waals surface area contributed by atoms with Crippen molar-refractivity contribution in [2.75, 3.05) is 0 Å². The molecule has 0 unspecified atom stereocenters. The molecule has 1 aromatic carbocycles. The average molecular weight is 354 g/mol. The molecule has 4 aromatic rings. The number of aryl methyl sites for hydroxylation is 1. The zero-order chi connectivity index (χ0) is 18.8. The molecule has 0 spiro atoms. The van der Waals surface area contributed by atoms with Crippen LogP contribution in [-0.2, 0) is 13.5 Å². The number of benzene rings is 1. The number of fused-ring (bicyclic) bond motifs is 1. The third-order valence-corrected chi connectivity index (χ3v) is 4.29. The number of carbonyl (C=O) groups is 1. The Kier molecular flexibility index (Phi) is 4.15. The number of imidazole rings is 1.